The van der Waals surface area contributed by atoms with E-state index in [4.69, 9.17) is 9.47 Å². The molecule has 1 aromatic heterocycles. The van der Waals surface area contributed by atoms with Crippen LogP contribution in [0.5, 0.6) is 11.5 Å². The third-order valence-electron chi connectivity index (χ3n) is 6.03. The van der Waals surface area contributed by atoms with E-state index in [0.29, 0.717) is 37.0 Å². The van der Waals surface area contributed by atoms with Crippen molar-refractivity contribution in [3.05, 3.63) is 59.2 Å². The zero-order chi connectivity index (χ0) is 22.5. The third kappa shape index (κ3) is 5.63. The summed E-state index contributed by atoms with van der Waals surface area (Å²) in [6.45, 7) is 3.58. The molecule has 1 saturated carbocycles. The number of aromatic nitrogens is 3. The van der Waals surface area contributed by atoms with E-state index < -0.39 is 0 Å². The summed E-state index contributed by atoms with van der Waals surface area (Å²) in [7, 11) is 0. The van der Waals surface area contributed by atoms with Gasteiger partial charge in [-0.2, -0.15) is 15.0 Å². The molecule has 2 aliphatic rings. The van der Waals surface area contributed by atoms with Crippen LogP contribution in [0.2, 0.25) is 0 Å². The van der Waals surface area contributed by atoms with Gasteiger partial charge in [0.05, 0.1) is 0 Å². The maximum atomic E-state index is 5.48. The number of hydrogen-bond acceptors (Lipinski definition) is 8. The number of hydrogen-bond donors (Lipinski definition) is 3. The van der Waals surface area contributed by atoms with Crippen molar-refractivity contribution in [2.75, 3.05) is 22.7 Å². The number of aryl methyl sites for hydroxylation is 1. The number of rotatable bonds is 8. The van der Waals surface area contributed by atoms with E-state index in [1.165, 1.54) is 30.4 Å². The second-order valence-electron chi connectivity index (χ2n) is 8.67. The zero-order valence-electron chi connectivity index (χ0n) is 18.9. The van der Waals surface area contributed by atoms with Crippen LogP contribution in [0, 0.1) is 6.92 Å². The van der Waals surface area contributed by atoms with Gasteiger partial charge in [-0.3, -0.25) is 0 Å². The topological polar surface area (TPSA) is 93.2 Å². The molecule has 0 bridgehead atoms. The van der Waals surface area contributed by atoms with Crippen LogP contribution >= 0.6 is 0 Å². The summed E-state index contributed by atoms with van der Waals surface area (Å²) in [6.07, 6.45) is 6.10. The summed E-state index contributed by atoms with van der Waals surface area (Å²) in [5.41, 5.74) is 3.49. The highest BCUT2D eigenvalue weighted by atomic mass is 16.7. The van der Waals surface area contributed by atoms with Gasteiger partial charge in [0.1, 0.15) is 0 Å². The molecule has 8 nitrogen and oxygen atoms in total. The minimum atomic E-state index is 0.270. The highest BCUT2D eigenvalue weighted by Gasteiger charge is 2.16. The molecule has 0 saturated heterocycles. The van der Waals surface area contributed by atoms with Crippen molar-refractivity contribution in [1.82, 2.24) is 15.0 Å². The molecule has 5 rings (SSSR count). The van der Waals surface area contributed by atoms with Crippen molar-refractivity contribution in [3.8, 4) is 11.5 Å². The summed E-state index contributed by atoms with van der Waals surface area (Å²) in [4.78, 5) is 13.9. The number of anilines is 3. The fourth-order valence-corrected chi connectivity index (χ4v) is 4.15. The molecule has 0 radical (unpaired) electrons. The molecule has 0 atom stereocenters. The van der Waals surface area contributed by atoms with E-state index in [-0.39, 0.29) is 6.79 Å². The Morgan fingerprint density at radius 3 is 2.15 bits per heavy atom. The summed E-state index contributed by atoms with van der Waals surface area (Å²) in [6, 6.07) is 14.8. The summed E-state index contributed by atoms with van der Waals surface area (Å²) in [5.74, 6) is 3.24. The molecule has 1 aliphatic carbocycles. The van der Waals surface area contributed by atoms with Crippen molar-refractivity contribution < 1.29 is 9.47 Å². The summed E-state index contributed by atoms with van der Waals surface area (Å²) in [5, 5.41) is 10.2. The first-order chi connectivity index (χ1) is 16.2. The molecule has 1 aliphatic heterocycles. The number of benzene rings is 2. The Hall–Kier alpha value is -3.55. The van der Waals surface area contributed by atoms with Gasteiger partial charge in [0.15, 0.2) is 11.5 Å². The summed E-state index contributed by atoms with van der Waals surface area (Å²) < 4.78 is 10.9. The Morgan fingerprint density at radius 2 is 1.39 bits per heavy atom. The largest absolute Gasteiger partial charge is 0.454 e. The lowest BCUT2D eigenvalue weighted by Crippen LogP contribution is -2.24. The van der Waals surface area contributed by atoms with Gasteiger partial charge in [-0.05, 0) is 43.0 Å². The molecule has 2 aromatic carbocycles. The molecule has 172 valence electrons. The first kappa shape index (κ1) is 21.3. The van der Waals surface area contributed by atoms with Crippen LogP contribution in [-0.4, -0.2) is 27.8 Å². The fraction of sp³-hybridized carbons (Fsp3) is 0.400. The second-order valence-corrected chi connectivity index (χ2v) is 8.67. The lowest BCUT2D eigenvalue weighted by molar-refractivity contribution is 0.174. The van der Waals surface area contributed by atoms with Crippen LogP contribution in [0.1, 0.15) is 48.8 Å². The number of fused-ring (bicyclic) bond motifs is 1. The fourth-order valence-electron chi connectivity index (χ4n) is 4.15. The molecule has 3 aromatic rings. The highest BCUT2D eigenvalue weighted by molar-refractivity contribution is 5.47. The predicted octanol–water partition coefficient (Wildman–Crippen LogP) is 4.88. The van der Waals surface area contributed by atoms with E-state index in [2.05, 4.69) is 62.1 Å². The van der Waals surface area contributed by atoms with Gasteiger partial charge < -0.3 is 25.4 Å². The van der Waals surface area contributed by atoms with Crippen LogP contribution in [0.3, 0.4) is 0 Å². The lowest BCUT2D eigenvalue weighted by Gasteiger charge is -2.23. The quantitative estimate of drug-likeness (QED) is 0.451. The predicted molar refractivity (Wildman–Crippen MR) is 129 cm³/mol. The standard InChI is InChI=1S/C25H30N6O2/c1-17-7-9-18(10-8-17)14-26-23-29-24(31-25(30-23)28-20-5-3-2-4-6-20)27-15-19-11-12-21-22(13-19)33-16-32-21/h7-13,20H,2-6,14-16H2,1H3,(H3,26,27,28,29,30,31). The molecule has 2 heterocycles. The Balaban J connectivity index is 1.30. The van der Waals surface area contributed by atoms with E-state index in [1.54, 1.807) is 0 Å². The monoisotopic (exact) mass is 446 g/mol. The first-order valence-electron chi connectivity index (χ1n) is 11.7. The smallest absolute Gasteiger partial charge is 0.231 e. The average Bonchev–Trinajstić information content (AvgIpc) is 3.31. The average molecular weight is 447 g/mol. The SMILES string of the molecule is Cc1ccc(CNc2nc(NCc3ccc4c(c3)OCO4)nc(NC3CCCCC3)n2)cc1. The Bertz CT molecular complexity index is 1080. The van der Waals surface area contributed by atoms with Crippen LogP contribution < -0.4 is 25.4 Å². The van der Waals surface area contributed by atoms with Crippen molar-refractivity contribution >= 4 is 17.8 Å². The van der Waals surface area contributed by atoms with E-state index in [1.807, 2.05) is 18.2 Å². The molecule has 33 heavy (non-hydrogen) atoms. The molecular formula is C25H30N6O2. The van der Waals surface area contributed by atoms with Crippen LogP contribution in [0.15, 0.2) is 42.5 Å². The maximum absolute atomic E-state index is 5.48. The molecule has 0 amide bonds. The van der Waals surface area contributed by atoms with Gasteiger partial charge in [0.2, 0.25) is 24.6 Å². The van der Waals surface area contributed by atoms with E-state index >= 15 is 0 Å². The van der Waals surface area contributed by atoms with E-state index in [0.717, 1.165) is 29.9 Å². The molecule has 3 N–H and O–H groups in total. The van der Waals surface area contributed by atoms with Crippen molar-refractivity contribution in [2.24, 2.45) is 0 Å². The Kier molecular flexibility index (Phi) is 6.41. The lowest BCUT2D eigenvalue weighted by atomic mass is 9.96. The minimum absolute atomic E-state index is 0.270. The van der Waals surface area contributed by atoms with Crippen LogP contribution in [0.25, 0.3) is 0 Å². The Morgan fingerprint density at radius 1 is 0.758 bits per heavy atom. The molecule has 1 fully saturated rings. The van der Waals surface area contributed by atoms with Gasteiger partial charge in [-0.25, -0.2) is 0 Å². The molecular weight excluding hydrogens is 416 g/mol. The van der Waals surface area contributed by atoms with Gasteiger partial charge in [0, 0.05) is 19.1 Å². The normalized spacial score (nSPS) is 15.3. The van der Waals surface area contributed by atoms with Crippen LogP contribution in [0.4, 0.5) is 17.8 Å². The molecule has 0 spiro atoms. The Labute approximate surface area is 194 Å². The number of nitrogens with one attached hydrogen (secondary N) is 3. The van der Waals surface area contributed by atoms with Gasteiger partial charge in [-0.15, -0.1) is 0 Å². The first-order valence-corrected chi connectivity index (χ1v) is 11.7. The third-order valence-corrected chi connectivity index (χ3v) is 6.03. The van der Waals surface area contributed by atoms with E-state index in [9.17, 15) is 0 Å². The van der Waals surface area contributed by atoms with Gasteiger partial charge in [0.25, 0.3) is 0 Å². The maximum Gasteiger partial charge on any atom is 0.231 e. The number of nitrogens with zero attached hydrogens (tertiary/aromatic N) is 3. The van der Waals surface area contributed by atoms with Crippen molar-refractivity contribution in [1.29, 1.82) is 0 Å². The van der Waals surface area contributed by atoms with Gasteiger partial charge in [-0.1, -0.05) is 55.2 Å². The zero-order valence-corrected chi connectivity index (χ0v) is 18.9. The number of ether oxygens (including phenoxy) is 2. The van der Waals surface area contributed by atoms with Gasteiger partial charge >= 0.3 is 0 Å². The highest BCUT2D eigenvalue weighted by Crippen LogP contribution is 2.32. The minimum Gasteiger partial charge on any atom is -0.454 e. The molecule has 8 heteroatoms. The van der Waals surface area contributed by atoms with Crippen molar-refractivity contribution in [2.45, 2.75) is 58.2 Å². The van der Waals surface area contributed by atoms with Crippen LogP contribution in [-0.2, 0) is 13.1 Å². The molecule has 0 unspecified atom stereocenters. The second kappa shape index (κ2) is 9.94. The summed E-state index contributed by atoms with van der Waals surface area (Å²) >= 11 is 0. The van der Waals surface area contributed by atoms with Crippen molar-refractivity contribution in [3.63, 3.8) is 0 Å².